The van der Waals surface area contributed by atoms with Crippen molar-refractivity contribution in [1.82, 2.24) is 10.3 Å². The Bertz CT molecular complexity index is 541. The zero-order chi connectivity index (χ0) is 15.1. The van der Waals surface area contributed by atoms with E-state index in [1.54, 1.807) is 18.4 Å². The summed E-state index contributed by atoms with van der Waals surface area (Å²) in [4.78, 5) is 4.59. The molecule has 1 heterocycles. The Morgan fingerprint density at radius 3 is 2.71 bits per heavy atom. The number of nitrogens with zero attached hydrogens (tertiary/aromatic N) is 1. The maximum Gasteiger partial charge on any atom is 0.0934 e. The number of aromatic nitrogens is 1. The van der Waals surface area contributed by atoms with Gasteiger partial charge in [-0.3, -0.25) is 0 Å². The van der Waals surface area contributed by atoms with Crippen molar-refractivity contribution in [2.45, 2.75) is 19.3 Å². The van der Waals surface area contributed by atoms with Gasteiger partial charge in [0, 0.05) is 48.1 Å². The van der Waals surface area contributed by atoms with Gasteiger partial charge in [-0.2, -0.15) is 0 Å². The fraction of sp³-hybridized carbons (Fsp3) is 0.438. The first-order valence-corrected chi connectivity index (χ1v) is 8.72. The van der Waals surface area contributed by atoms with Gasteiger partial charge in [0.05, 0.1) is 11.6 Å². The topological polar surface area (TPSA) is 34.1 Å². The first-order chi connectivity index (χ1) is 10.2. The largest absolute Gasteiger partial charge is 0.383 e. The molecule has 3 nitrogen and oxygen atoms in total. The van der Waals surface area contributed by atoms with Crippen LogP contribution in [0.15, 0.2) is 34.1 Å². The van der Waals surface area contributed by atoms with E-state index in [0.29, 0.717) is 5.92 Å². The highest BCUT2D eigenvalue weighted by Gasteiger charge is 2.14. The molecule has 1 aromatic carbocycles. The van der Waals surface area contributed by atoms with Crippen LogP contribution in [0.25, 0.3) is 0 Å². The Hall–Kier alpha value is -0.750. The highest BCUT2D eigenvalue weighted by Crippen LogP contribution is 2.24. The Kier molecular flexibility index (Phi) is 6.83. The molecule has 1 N–H and O–H groups in total. The summed E-state index contributed by atoms with van der Waals surface area (Å²) in [6.45, 7) is 4.60. The maximum atomic E-state index is 5.09. The summed E-state index contributed by atoms with van der Waals surface area (Å²) in [6, 6.07) is 8.58. The molecule has 114 valence electrons. The molecule has 0 bridgehead atoms. The van der Waals surface area contributed by atoms with Gasteiger partial charge in [0.25, 0.3) is 0 Å². The second kappa shape index (κ2) is 8.63. The fourth-order valence-electron chi connectivity index (χ4n) is 2.20. The highest BCUT2D eigenvalue weighted by atomic mass is 79.9. The van der Waals surface area contributed by atoms with Crippen LogP contribution in [0, 0.1) is 6.92 Å². The average Bonchev–Trinajstić information content (AvgIpc) is 2.88. The van der Waals surface area contributed by atoms with Gasteiger partial charge < -0.3 is 10.1 Å². The number of aryl methyl sites for hydroxylation is 1. The summed E-state index contributed by atoms with van der Waals surface area (Å²) in [6.07, 6.45) is 0.972. The van der Waals surface area contributed by atoms with Crippen molar-refractivity contribution in [3.05, 3.63) is 50.4 Å². The van der Waals surface area contributed by atoms with Gasteiger partial charge in [0.15, 0.2) is 0 Å². The molecule has 5 heteroatoms. The molecule has 1 atom stereocenters. The Morgan fingerprint density at radius 2 is 2.10 bits per heavy atom. The molecular weight excluding hydrogens is 348 g/mol. The van der Waals surface area contributed by atoms with Crippen LogP contribution in [-0.2, 0) is 11.2 Å². The number of methoxy groups -OCH3 is 1. The van der Waals surface area contributed by atoms with Crippen molar-refractivity contribution in [1.29, 1.82) is 0 Å². The van der Waals surface area contributed by atoms with E-state index < -0.39 is 0 Å². The molecule has 1 aromatic heterocycles. The van der Waals surface area contributed by atoms with Gasteiger partial charge in [-0.1, -0.05) is 28.1 Å². The van der Waals surface area contributed by atoms with Crippen LogP contribution in [0.5, 0.6) is 0 Å². The standard InChI is InChI=1S/C16H21BrN2OS/c1-12-11-21-16(19-12)9-14(10-18-7-8-20-2)13-3-5-15(17)6-4-13/h3-6,11,14,18H,7-10H2,1-2H3. The van der Waals surface area contributed by atoms with Gasteiger partial charge in [-0.15, -0.1) is 11.3 Å². The molecule has 0 radical (unpaired) electrons. The van der Waals surface area contributed by atoms with Gasteiger partial charge in [-0.25, -0.2) is 4.98 Å². The number of rotatable bonds is 8. The van der Waals surface area contributed by atoms with Crippen molar-refractivity contribution in [3.8, 4) is 0 Å². The Labute approximate surface area is 138 Å². The number of thiazole rings is 1. The lowest BCUT2D eigenvalue weighted by molar-refractivity contribution is 0.199. The van der Waals surface area contributed by atoms with Crippen molar-refractivity contribution < 1.29 is 4.74 Å². The van der Waals surface area contributed by atoms with E-state index in [9.17, 15) is 0 Å². The molecule has 0 fully saturated rings. The van der Waals surface area contributed by atoms with Crippen LogP contribution in [0.2, 0.25) is 0 Å². The summed E-state index contributed by atoms with van der Waals surface area (Å²) in [5.41, 5.74) is 2.45. The number of benzene rings is 1. The number of hydrogen-bond donors (Lipinski definition) is 1. The normalized spacial score (nSPS) is 12.5. The average molecular weight is 369 g/mol. The van der Waals surface area contributed by atoms with Crippen LogP contribution in [0.3, 0.4) is 0 Å². The summed E-state index contributed by atoms with van der Waals surface area (Å²) >= 11 is 5.24. The molecule has 21 heavy (non-hydrogen) atoms. The zero-order valence-electron chi connectivity index (χ0n) is 12.4. The van der Waals surface area contributed by atoms with Crippen molar-refractivity contribution >= 4 is 27.3 Å². The summed E-state index contributed by atoms with van der Waals surface area (Å²) < 4.78 is 6.20. The number of hydrogen-bond acceptors (Lipinski definition) is 4. The Morgan fingerprint density at radius 1 is 1.33 bits per heavy atom. The molecule has 0 saturated heterocycles. The van der Waals surface area contributed by atoms with Crippen molar-refractivity contribution in [3.63, 3.8) is 0 Å². The van der Waals surface area contributed by atoms with E-state index in [1.165, 1.54) is 10.6 Å². The predicted octanol–water partition coefficient (Wildman–Crippen LogP) is 3.78. The number of nitrogens with one attached hydrogen (secondary N) is 1. The molecule has 0 aliphatic heterocycles. The quantitative estimate of drug-likeness (QED) is 0.720. The summed E-state index contributed by atoms with van der Waals surface area (Å²) in [5.74, 6) is 0.431. The second-order valence-corrected chi connectivity index (χ2v) is 6.89. The van der Waals surface area contributed by atoms with Crippen LogP contribution >= 0.6 is 27.3 Å². The highest BCUT2D eigenvalue weighted by molar-refractivity contribution is 9.10. The molecule has 0 saturated carbocycles. The van der Waals surface area contributed by atoms with Gasteiger partial charge >= 0.3 is 0 Å². The van der Waals surface area contributed by atoms with E-state index in [2.05, 4.69) is 55.9 Å². The van der Waals surface area contributed by atoms with E-state index in [0.717, 1.165) is 36.3 Å². The number of halogens is 1. The van der Waals surface area contributed by atoms with Crippen molar-refractivity contribution in [2.24, 2.45) is 0 Å². The van der Waals surface area contributed by atoms with Crippen LogP contribution < -0.4 is 5.32 Å². The molecule has 2 aromatic rings. The lowest BCUT2D eigenvalue weighted by Gasteiger charge is -2.17. The second-order valence-electron chi connectivity index (χ2n) is 5.03. The SMILES string of the molecule is COCCNCC(Cc1nc(C)cs1)c1ccc(Br)cc1. The third kappa shape index (κ3) is 5.51. The lowest BCUT2D eigenvalue weighted by atomic mass is 9.96. The third-order valence-electron chi connectivity index (χ3n) is 3.30. The summed E-state index contributed by atoms with van der Waals surface area (Å²) in [7, 11) is 1.73. The van der Waals surface area contributed by atoms with E-state index in [1.807, 2.05) is 6.92 Å². The third-order valence-corrected chi connectivity index (χ3v) is 4.82. The molecular formula is C16H21BrN2OS. The smallest absolute Gasteiger partial charge is 0.0934 e. The van der Waals surface area contributed by atoms with E-state index >= 15 is 0 Å². The van der Waals surface area contributed by atoms with E-state index in [-0.39, 0.29) is 0 Å². The predicted molar refractivity (Wildman–Crippen MR) is 92.2 cm³/mol. The van der Waals surface area contributed by atoms with Gasteiger partial charge in [0.2, 0.25) is 0 Å². The molecule has 1 unspecified atom stereocenters. The lowest BCUT2D eigenvalue weighted by Crippen LogP contribution is -2.26. The zero-order valence-corrected chi connectivity index (χ0v) is 14.8. The van der Waals surface area contributed by atoms with Crippen LogP contribution in [-0.4, -0.2) is 31.8 Å². The van der Waals surface area contributed by atoms with Crippen molar-refractivity contribution in [2.75, 3.05) is 26.8 Å². The first kappa shape index (κ1) is 16.6. The molecule has 0 aliphatic carbocycles. The minimum absolute atomic E-state index is 0.431. The molecule has 2 rings (SSSR count). The van der Waals surface area contributed by atoms with E-state index in [4.69, 9.17) is 4.74 Å². The minimum atomic E-state index is 0.431. The van der Waals surface area contributed by atoms with Gasteiger partial charge in [0.1, 0.15) is 0 Å². The summed E-state index contributed by atoms with van der Waals surface area (Å²) in [5, 5.41) is 6.79. The molecule has 0 spiro atoms. The molecule has 0 aliphatic rings. The molecule has 0 amide bonds. The van der Waals surface area contributed by atoms with Gasteiger partial charge in [-0.05, 0) is 24.6 Å². The van der Waals surface area contributed by atoms with Crippen LogP contribution in [0.4, 0.5) is 0 Å². The van der Waals surface area contributed by atoms with Crippen LogP contribution in [0.1, 0.15) is 22.2 Å². The fourth-order valence-corrected chi connectivity index (χ4v) is 3.32. The first-order valence-electron chi connectivity index (χ1n) is 7.05. The monoisotopic (exact) mass is 368 g/mol. The maximum absolute atomic E-state index is 5.09. The number of ether oxygens (including phenoxy) is 1. The minimum Gasteiger partial charge on any atom is -0.383 e. The Balaban J connectivity index is 2.04.